The third-order valence-electron chi connectivity index (χ3n) is 1.09. The average Bonchev–Trinajstić information content (AvgIpc) is 2.09. The van der Waals surface area contributed by atoms with E-state index >= 15 is 0 Å². The van der Waals surface area contributed by atoms with Crippen molar-refractivity contribution in [3.05, 3.63) is 28.7 Å². The Morgan fingerprint density at radius 2 is 2.08 bits per heavy atom. The van der Waals surface area contributed by atoms with Gasteiger partial charge in [-0.3, -0.25) is 0 Å². The molecule has 0 N–H and O–H groups in total. The first-order chi connectivity index (χ1) is 5.83. The molecule has 0 aromatic carbocycles. The van der Waals surface area contributed by atoms with Crippen LogP contribution in [-0.4, -0.2) is 9.97 Å². The third-order valence-corrected chi connectivity index (χ3v) is 1.09. The predicted octanol–water partition coefficient (Wildman–Crippen LogP) is 2.08. The summed E-state index contributed by atoms with van der Waals surface area (Å²) in [5, 5.41) is 2.71. The van der Waals surface area contributed by atoms with Gasteiger partial charge in [-0.25, -0.2) is 9.97 Å². The first kappa shape index (κ1) is 10.7. The van der Waals surface area contributed by atoms with E-state index in [9.17, 15) is 4.91 Å². The van der Waals surface area contributed by atoms with Gasteiger partial charge in [0.05, 0.1) is 5.69 Å². The summed E-state index contributed by atoms with van der Waals surface area (Å²) in [6.45, 7) is 5.97. The molecule has 0 saturated heterocycles. The SMILES string of the molecule is CC.Cc1cc(CN=O)ncn1. The summed E-state index contributed by atoms with van der Waals surface area (Å²) >= 11 is 0. The highest BCUT2D eigenvalue weighted by molar-refractivity contribution is 5.05. The van der Waals surface area contributed by atoms with Gasteiger partial charge in [-0.05, 0) is 13.0 Å². The Kier molecular flexibility index (Phi) is 5.69. The molecule has 0 saturated carbocycles. The van der Waals surface area contributed by atoms with Gasteiger partial charge in [0.2, 0.25) is 0 Å². The van der Waals surface area contributed by atoms with Crippen molar-refractivity contribution >= 4 is 0 Å². The van der Waals surface area contributed by atoms with Gasteiger partial charge in [0.25, 0.3) is 0 Å². The second kappa shape index (κ2) is 6.39. The normalized spacial score (nSPS) is 8.25. The number of hydrogen-bond donors (Lipinski definition) is 0. The molecule has 0 amide bonds. The van der Waals surface area contributed by atoms with Crippen molar-refractivity contribution in [2.75, 3.05) is 0 Å². The molecule has 0 radical (unpaired) electrons. The highest BCUT2D eigenvalue weighted by Crippen LogP contribution is 1.96. The number of rotatable bonds is 2. The van der Waals surface area contributed by atoms with E-state index in [1.807, 2.05) is 20.8 Å². The first-order valence-electron chi connectivity index (χ1n) is 3.89. The molecule has 0 bridgehead atoms. The molecule has 1 aromatic rings. The van der Waals surface area contributed by atoms with Crippen molar-refractivity contribution in [2.45, 2.75) is 27.3 Å². The molecule has 12 heavy (non-hydrogen) atoms. The molecule has 1 rings (SSSR count). The van der Waals surface area contributed by atoms with Gasteiger partial charge in [-0.1, -0.05) is 19.0 Å². The lowest BCUT2D eigenvalue weighted by Gasteiger charge is -1.92. The van der Waals surface area contributed by atoms with Gasteiger partial charge < -0.3 is 0 Å². The lowest BCUT2D eigenvalue weighted by molar-refractivity contribution is 0.941. The van der Waals surface area contributed by atoms with Crippen LogP contribution >= 0.6 is 0 Å². The molecule has 0 atom stereocenters. The minimum Gasteiger partial charge on any atom is -0.242 e. The van der Waals surface area contributed by atoms with Crippen LogP contribution in [0.2, 0.25) is 0 Å². The molecule has 66 valence electrons. The molecule has 0 aliphatic heterocycles. The topological polar surface area (TPSA) is 55.2 Å². The lowest BCUT2D eigenvalue weighted by atomic mass is 10.3. The van der Waals surface area contributed by atoms with Gasteiger partial charge >= 0.3 is 0 Å². The van der Waals surface area contributed by atoms with E-state index in [0.717, 1.165) is 5.69 Å². The van der Waals surface area contributed by atoms with Crippen molar-refractivity contribution in [2.24, 2.45) is 5.18 Å². The minimum absolute atomic E-state index is 0.128. The monoisotopic (exact) mass is 167 g/mol. The maximum atomic E-state index is 9.78. The Bertz CT molecular complexity index is 237. The molecule has 0 spiro atoms. The number of hydrogen-bond acceptors (Lipinski definition) is 4. The molecular weight excluding hydrogens is 154 g/mol. The molecular formula is C8H13N3O. The fourth-order valence-corrected chi connectivity index (χ4v) is 0.662. The van der Waals surface area contributed by atoms with E-state index in [0.29, 0.717) is 5.69 Å². The van der Waals surface area contributed by atoms with Crippen molar-refractivity contribution < 1.29 is 0 Å². The van der Waals surface area contributed by atoms with Gasteiger partial charge in [-0.15, -0.1) is 0 Å². The molecule has 4 nitrogen and oxygen atoms in total. The van der Waals surface area contributed by atoms with Crippen LogP contribution in [0.25, 0.3) is 0 Å². The summed E-state index contributed by atoms with van der Waals surface area (Å²) in [6, 6.07) is 1.74. The quantitative estimate of drug-likeness (QED) is 0.633. The molecule has 1 aromatic heterocycles. The maximum Gasteiger partial charge on any atom is 0.123 e. The largest absolute Gasteiger partial charge is 0.242 e. The average molecular weight is 167 g/mol. The highest BCUT2D eigenvalue weighted by Gasteiger charge is 1.92. The number of nitrogens with zero attached hydrogens (tertiary/aromatic N) is 3. The minimum atomic E-state index is 0.128. The zero-order valence-corrected chi connectivity index (χ0v) is 7.61. The number of aromatic nitrogens is 2. The Balaban J connectivity index is 0.000000561. The van der Waals surface area contributed by atoms with Gasteiger partial charge in [-0.2, -0.15) is 4.91 Å². The fourth-order valence-electron chi connectivity index (χ4n) is 0.662. The van der Waals surface area contributed by atoms with E-state index in [2.05, 4.69) is 15.1 Å². The first-order valence-corrected chi connectivity index (χ1v) is 3.89. The Morgan fingerprint density at radius 3 is 2.58 bits per heavy atom. The molecule has 1 heterocycles. The van der Waals surface area contributed by atoms with E-state index in [4.69, 9.17) is 0 Å². The second-order valence-corrected chi connectivity index (χ2v) is 1.94. The van der Waals surface area contributed by atoms with Crippen LogP contribution in [0.4, 0.5) is 0 Å². The molecule has 4 heteroatoms. The van der Waals surface area contributed by atoms with Crippen LogP contribution in [-0.2, 0) is 6.54 Å². The van der Waals surface area contributed by atoms with Gasteiger partial charge in [0.15, 0.2) is 0 Å². The van der Waals surface area contributed by atoms with Crippen LogP contribution < -0.4 is 0 Å². The summed E-state index contributed by atoms with van der Waals surface area (Å²) in [5.41, 5.74) is 1.52. The smallest absolute Gasteiger partial charge is 0.123 e. The van der Waals surface area contributed by atoms with E-state index in [1.54, 1.807) is 6.07 Å². The van der Waals surface area contributed by atoms with Crippen LogP contribution in [0.1, 0.15) is 25.2 Å². The Labute approximate surface area is 72.0 Å². The Morgan fingerprint density at radius 1 is 1.42 bits per heavy atom. The standard InChI is InChI=1S/C6H7N3O.C2H6/c1-5-2-6(3-9-10)8-4-7-5;1-2/h2,4H,3H2,1H3;1-2H3. The summed E-state index contributed by atoms with van der Waals surface area (Å²) in [6.07, 6.45) is 1.43. The van der Waals surface area contributed by atoms with Gasteiger partial charge in [0.1, 0.15) is 12.9 Å². The van der Waals surface area contributed by atoms with Crippen molar-refractivity contribution in [3.8, 4) is 0 Å². The van der Waals surface area contributed by atoms with E-state index in [-0.39, 0.29) is 6.54 Å². The second-order valence-electron chi connectivity index (χ2n) is 1.94. The lowest BCUT2D eigenvalue weighted by Crippen LogP contribution is -1.89. The summed E-state index contributed by atoms with van der Waals surface area (Å²) in [4.78, 5) is 17.5. The summed E-state index contributed by atoms with van der Waals surface area (Å²) < 4.78 is 0. The van der Waals surface area contributed by atoms with Crippen LogP contribution in [0.3, 0.4) is 0 Å². The van der Waals surface area contributed by atoms with E-state index in [1.165, 1.54) is 6.33 Å². The van der Waals surface area contributed by atoms with Crippen LogP contribution in [0, 0.1) is 11.8 Å². The summed E-state index contributed by atoms with van der Waals surface area (Å²) in [7, 11) is 0. The fraction of sp³-hybridized carbons (Fsp3) is 0.500. The highest BCUT2D eigenvalue weighted by atomic mass is 16.3. The van der Waals surface area contributed by atoms with E-state index < -0.39 is 0 Å². The van der Waals surface area contributed by atoms with Crippen LogP contribution in [0.5, 0.6) is 0 Å². The maximum absolute atomic E-state index is 9.78. The van der Waals surface area contributed by atoms with Crippen LogP contribution in [0.15, 0.2) is 17.6 Å². The molecule has 0 aliphatic rings. The molecule has 0 aliphatic carbocycles. The Hall–Kier alpha value is -1.32. The zero-order valence-electron chi connectivity index (χ0n) is 7.61. The van der Waals surface area contributed by atoms with Crippen molar-refractivity contribution in [1.82, 2.24) is 9.97 Å². The van der Waals surface area contributed by atoms with Crippen molar-refractivity contribution in [1.29, 1.82) is 0 Å². The molecule has 0 unspecified atom stereocenters. The number of aryl methyl sites for hydroxylation is 1. The summed E-state index contributed by atoms with van der Waals surface area (Å²) in [5.74, 6) is 0. The number of nitroso groups, excluding NO2 is 1. The third kappa shape index (κ3) is 3.75. The van der Waals surface area contributed by atoms with Crippen molar-refractivity contribution in [3.63, 3.8) is 0 Å². The zero-order chi connectivity index (χ0) is 9.40. The van der Waals surface area contributed by atoms with Gasteiger partial charge in [0, 0.05) is 5.69 Å². The molecule has 0 fully saturated rings. The predicted molar refractivity (Wildman–Crippen MR) is 47.6 cm³/mol.